The monoisotopic (exact) mass is 363 g/mol. The van der Waals surface area contributed by atoms with Crippen molar-refractivity contribution in [2.75, 3.05) is 25.7 Å². The molecule has 1 aromatic carbocycles. The van der Waals surface area contributed by atoms with Crippen molar-refractivity contribution in [2.45, 2.75) is 0 Å². The SMILES string of the molecule is CNC(=O)NN(CC(=O)OC)c1cccc(I)c1. The molecule has 0 spiro atoms. The molecule has 0 aliphatic heterocycles. The van der Waals surface area contributed by atoms with Crippen LogP contribution in [0.25, 0.3) is 0 Å². The van der Waals surface area contributed by atoms with E-state index in [-0.39, 0.29) is 6.54 Å². The molecule has 98 valence electrons. The third-order valence-corrected chi connectivity index (χ3v) is 2.77. The molecular weight excluding hydrogens is 349 g/mol. The molecule has 0 atom stereocenters. The van der Waals surface area contributed by atoms with Gasteiger partial charge in [0.05, 0.1) is 12.8 Å². The van der Waals surface area contributed by atoms with Crippen LogP contribution >= 0.6 is 22.6 Å². The number of nitrogens with zero attached hydrogens (tertiary/aromatic N) is 1. The summed E-state index contributed by atoms with van der Waals surface area (Å²) >= 11 is 2.15. The Morgan fingerprint density at radius 2 is 2.17 bits per heavy atom. The number of ether oxygens (including phenoxy) is 1. The van der Waals surface area contributed by atoms with Crippen LogP contribution in [0.4, 0.5) is 10.5 Å². The van der Waals surface area contributed by atoms with Gasteiger partial charge in [-0.15, -0.1) is 0 Å². The zero-order chi connectivity index (χ0) is 13.5. The van der Waals surface area contributed by atoms with Crippen LogP contribution in [0.5, 0.6) is 0 Å². The Labute approximate surface area is 119 Å². The number of amides is 2. The van der Waals surface area contributed by atoms with Crippen molar-refractivity contribution in [3.05, 3.63) is 27.8 Å². The number of halogens is 1. The van der Waals surface area contributed by atoms with Crippen LogP contribution in [0.1, 0.15) is 0 Å². The fourth-order valence-electron chi connectivity index (χ4n) is 1.21. The molecule has 0 aliphatic rings. The lowest BCUT2D eigenvalue weighted by Crippen LogP contribution is -2.49. The summed E-state index contributed by atoms with van der Waals surface area (Å²) in [5.74, 6) is -0.440. The van der Waals surface area contributed by atoms with Crippen molar-refractivity contribution >= 4 is 40.3 Å². The molecule has 1 aromatic rings. The second kappa shape index (κ2) is 7.04. The Hall–Kier alpha value is -1.51. The molecule has 0 fully saturated rings. The van der Waals surface area contributed by atoms with Crippen molar-refractivity contribution in [1.29, 1.82) is 0 Å². The molecule has 0 saturated heterocycles. The van der Waals surface area contributed by atoms with Crippen molar-refractivity contribution in [3.63, 3.8) is 0 Å². The first-order chi connectivity index (χ1) is 8.56. The van der Waals surface area contributed by atoms with E-state index in [1.807, 2.05) is 18.2 Å². The lowest BCUT2D eigenvalue weighted by atomic mass is 10.3. The number of rotatable bonds is 4. The highest BCUT2D eigenvalue weighted by molar-refractivity contribution is 14.1. The Morgan fingerprint density at radius 1 is 1.44 bits per heavy atom. The highest BCUT2D eigenvalue weighted by Crippen LogP contribution is 2.15. The third-order valence-electron chi connectivity index (χ3n) is 2.10. The predicted octanol–water partition coefficient (Wildman–Crippen LogP) is 1.11. The molecule has 2 N–H and O–H groups in total. The van der Waals surface area contributed by atoms with Crippen molar-refractivity contribution in [1.82, 2.24) is 10.7 Å². The zero-order valence-corrected chi connectivity index (χ0v) is 12.2. The average Bonchev–Trinajstić information content (AvgIpc) is 2.37. The molecule has 6 nitrogen and oxygen atoms in total. The van der Waals surface area contributed by atoms with Crippen LogP contribution in [0.3, 0.4) is 0 Å². The van der Waals surface area contributed by atoms with Gasteiger partial charge in [-0.2, -0.15) is 0 Å². The highest BCUT2D eigenvalue weighted by Gasteiger charge is 2.14. The molecule has 1 rings (SSSR count). The summed E-state index contributed by atoms with van der Waals surface area (Å²) in [7, 11) is 2.80. The van der Waals surface area contributed by atoms with Crippen LogP contribution in [0.2, 0.25) is 0 Å². The van der Waals surface area contributed by atoms with Gasteiger partial charge in [0.25, 0.3) is 0 Å². The first kappa shape index (κ1) is 14.6. The number of hydrogen-bond donors (Lipinski definition) is 2. The van der Waals surface area contributed by atoms with Crippen LogP contribution < -0.4 is 15.8 Å². The Balaban J connectivity index is 2.88. The summed E-state index contributed by atoms with van der Waals surface area (Å²) in [4.78, 5) is 22.6. The van der Waals surface area contributed by atoms with Gasteiger partial charge in [-0.1, -0.05) is 6.07 Å². The van der Waals surface area contributed by atoms with Gasteiger partial charge in [-0.05, 0) is 40.8 Å². The second-order valence-corrected chi connectivity index (χ2v) is 4.58. The van der Waals surface area contributed by atoms with Crippen LogP contribution in [-0.4, -0.2) is 32.7 Å². The fourth-order valence-corrected chi connectivity index (χ4v) is 1.74. The average molecular weight is 363 g/mol. The molecule has 7 heteroatoms. The minimum absolute atomic E-state index is 0.0655. The Kier molecular flexibility index (Phi) is 5.69. The number of methoxy groups -OCH3 is 1. The van der Waals surface area contributed by atoms with E-state index in [4.69, 9.17) is 0 Å². The molecular formula is C11H14IN3O3. The molecule has 0 radical (unpaired) electrons. The number of benzene rings is 1. The lowest BCUT2D eigenvalue weighted by molar-refractivity contribution is -0.139. The molecule has 0 saturated carbocycles. The van der Waals surface area contributed by atoms with Crippen LogP contribution in [-0.2, 0) is 9.53 Å². The molecule has 0 heterocycles. The normalized spacial score (nSPS) is 9.50. The van der Waals surface area contributed by atoms with E-state index in [0.29, 0.717) is 5.69 Å². The summed E-state index contributed by atoms with van der Waals surface area (Å²) in [6.07, 6.45) is 0. The predicted molar refractivity (Wildman–Crippen MR) is 76.1 cm³/mol. The van der Waals surface area contributed by atoms with Gasteiger partial charge in [-0.3, -0.25) is 9.80 Å². The number of urea groups is 1. The van der Waals surface area contributed by atoms with E-state index < -0.39 is 12.0 Å². The highest BCUT2D eigenvalue weighted by atomic mass is 127. The van der Waals surface area contributed by atoms with Gasteiger partial charge in [0.15, 0.2) is 0 Å². The van der Waals surface area contributed by atoms with E-state index in [1.165, 1.54) is 19.2 Å². The summed E-state index contributed by atoms with van der Waals surface area (Å²) in [6.45, 7) is -0.0655. The van der Waals surface area contributed by atoms with E-state index in [0.717, 1.165) is 3.57 Å². The fraction of sp³-hybridized carbons (Fsp3) is 0.273. The van der Waals surface area contributed by atoms with E-state index in [9.17, 15) is 9.59 Å². The summed E-state index contributed by atoms with van der Waals surface area (Å²) < 4.78 is 5.59. The minimum Gasteiger partial charge on any atom is -0.468 e. The smallest absolute Gasteiger partial charge is 0.333 e. The maximum atomic E-state index is 11.3. The standard InChI is InChI=1S/C11H14IN3O3/c1-13-11(17)14-15(7-10(16)18-2)9-5-3-4-8(12)6-9/h3-6H,7H2,1-2H3,(H2,13,14,17). The Morgan fingerprint density at radius 3 is 2.72 bits per heavy atom. The topological polar surface area (TPSA) is 70.7 Å². The molecule has 0 aromatic heterocycles. The first-order valence-corrected chi connectivity index (χ1v) is 6.23. The third kappa shape index (κ3) is 4.40. The number of nitrogens with one attached hydrogen (secondary N) is 2. The maximum Gasteiger partial charge on any atom is 0.333 e. The summed E-state index contributed by atoms with van der Waals surface area (Å²) in [6, 6.07) is 6.99. The number of hydrazine groups is 1. The van der Waals surface area contributed by atoms with Crippen molar-refractivity contribution < 1.29 is 14.3 Å². The van der Waals surface area contributed by atoms with E-state index in [1.54, 1.807) is 6.07 Å². The van der Waals surface area contributed by atoms with Crippen molar-refractivity contribution in [2.24, 2.45) is 0 Å². The number of carbonyl (C=O) groups is 2. The molecule has 0 bridgehead atoms. The van der Waals surface area contributed by atoms with Gasteiger partial charge in [0.2, 0.25) is 0 Å². The number of esters is 1. The maximum absolute atomic E-state index is 11.3. The molecule has 2 amide bonds. The molecule has 0 aliphatic carbocycles. The second-order valence-electron chi connectivity index (χ2n) is 3.33. The van der Waals surface area contributed by atoms with Gasteiger partial charge < -0.3 is 10.1 Å². The minimum atomic E-state index is -0.440. The first-order valence-electron chi connectivity index (χ1n) is 5.15. The van der Waals surface area contributed by atoms with Gasteiger partial charge >= 0.3 is 12.0 Å². The zero-order valence-electron chi connectivity index (χ0n) is 10.1. The quantitative estimate of drug-likeness (QED) is 0.478. The van der Waals surface area contributed by atoms with Gasteiger partial charge in [0, 0.05) is 10.6 Å². The Bertz CT molecular complexity index is 421. The van der Waals surface area contributed by atoms with Crippen molar-refractivity contribution in [3.8, 4) is 0 Å². The number of anilines is 1. The van der Waals surface area contributed by atoms with Gasteiger partial charge in [0.1, 0.15) is 6.54 Å². The van der Waals surface area contributed by atoms with E-state index in [2.05, 4.69) is 38.1 Å². The van der Waals surface area contributed by atoms with Gasteiger partial charge in [-0.25, -0.2) is 10.2 Å². The number of carbonyl (C=O) groups excluding carboxylic acids is 2. The largest absolute Gasteiger partial charge is 0.468 e. The van der Waals surface area contributed by atoms with Crippen LogP contribution in [0, 0.1) is 3.57 Å². The molecule has 0 unspecified atom stereocenters. The summed E-state index contributed by atoms with van der Waals surface area (Å²) in [5.41, 5.74) is 3.26. The summed E-state index contributed by atoms with van der Waals surface area (Å²) in [5, 5.41) is 3.85. The van der Waals surface area contributed by atoms with E-state index >= 15 is 0 Å². The lowest BCUT2D eigenvalue weighted by Gasteiger charge is -2.24. The molecule has 18 heavy (non-hydrogen) atoms. The van der Waals surface area contributed by atoms with Crippen LogP contribution in [0.15, 0.2) is 24.3 Å². The number of hydrogen-bond acceptors (Lipinski definition) is 4.